The summed E-state index contributed by atoms with van der Waals surface area (Å²) in [6.07, 6.45) is 0.174. The number of halogens is 1. The van der Waals surface area contributed by atoms with Crippen molar-refractivity contribution < 1.29 is 19.1 Å². The Morgan fingerprint density at radius 3 is 2.65 bits per heavy atom. The topological polar surface area (TPSA) is 55.8 Å². The Morgan fingerprint density at radius 1 is 1.35 bits per heavy atom. The van der Waals surface area contributed by atoms with Crippen LogP contribution in [0.15, 0.2) is 22.7 Å². The van der Waals surface area contributed by atoms with Crippen LogP contribution in [0.2, 0.25) is 0 Å². The molecule has 5 nitrogen and oxygen atoms in total. The Hall–Kier alpha value is -1.56. The Balaban J connectivity index is 2.37. The van der Waals surface area contributed by atoms with Gasteiger partial charge in [-0.3, -0.25) is 4.90 Å². The molecule has 2 rings (SSSR count). The van der Waals surface area contributed by atoms with Crippen LogP contribution in [0.5, 0.6) is 0 Å². The molecule has 6 heteroatoms. The number of amides is 1. The maximum absolute atomic E-state index is 12.5. The zero-order chi connectivity index (χ0) is 17.2. The summed E-state index contributed by atoms with van der Waals surface area (Å²) in [4.78, 5) is 26.4. The molecule has 0 fully saturated rings. The fraction of sp³-hybridized carbons (Fsp3) is 0.529. The summed E-state index contributed by atoms with van der Waals surface area (Å²) < 4.78 is 11.6. The van der Waals surface area contributed by atoms with Gasteiger partial charge in [-0.15, -0.1) is 0 Å². The van der Waals surface area contributed by atoms with Gasteiger partial charge in [0.15, 0.2) is 6.04 Å². The predicted octanol–water partition coefficient (Wildman–Crippen LogP) is 3.85. The molecule has 126 valence electrons. The van der Waals surface area contributed by atoms with E-state index in [1.165, 1.54) is 4.90 Å². The number of nitrogens with zero attached hydrogens (tertiary/aromatic N) is 1. The molecule has 0 saturated carbocycles. The summed E-state index contributed by atoms with van der Waals surface area (Å²) in [5.74, 6) is -0.429. The lowest BCUT2D eigenvalue weighted by Gasteiger charge is -2.36. The number of fused-ring (bicyclic) bond motifs is 1. The first-order valence-corrected chi connectivity index (χ1v) is 8.47. The minimum absolute atomic E-state index is 0.267. The highest BCUT2D eigenvalue weighted by Crippen LogP contribution is 2.33. The highest BCUT2D eigenvalue weighted by Gasteiger charge is 2.39. The van der Waals surface area contributed by atoms with Gasteiger partial charge in [-0.05, 0) is 57.4 Å². The SMILES string of the molecule is CCOC(=O)C1c2ccc(Br)cc2CCN1C(=O)OC(C)(C)C. The molecule has 0 aliphatic carbocycles. The summed E-state index contributed by atoms with van der Waals surface area (Å²) in [6, 6.07) is 4.94. The largest absolute Gasteiger partial charge is 0.464 e. The van der Waals surface area contributed by atoms with Crippen molar-refractivity contribution in [2.75, 3.05) is 13.2 Å². The molecule has 0 aromatic heterocycles. The van der Waals surface area contributed by atoms with E-state index in [0.29, 0.717) is 13.0 Å². The Morgan fingerprint density at radius 2 is 2.04 bits per heavy atom. The molecule has 1 aromatic rings. The van der Waals surface area contributed by atoms with Crippen molar-refractivity contribution >= 4 is 28.0 Å². The molecular weight excluding hydrogens is 362 g/mol. The number of esters is 1. The van der Waals surface area contributed by atoms with Crippen LogP contribution in [0.1, 0.15) is 44.9 Å². The fourth-order valence-electron chi connectivity index (χ4n) is 2.59. The summed E-state index contributed by atoms with van der Waals surface area (Å²) >= 11 is 3.44. The standard InChI is InChI=1S/C17H22BrNO4/c1-5-22-15(20)14-13-7-6-12(18)10-11(13)8-9-19(14)16(21)23-17(2,3)4/h6-7,10,14H,5,8-9H2,1-4H3. The Bertz CT molecular complexity index is 609. The van der Waals surface area contributed by atoms with Crippen molar-refractivity contribution in [3.63, 3.8) is 0 Å². The van der Waals surface area contributed by atoms with E-state index < -0.39 is 23.7 Å². The van der Waals surface area contributed by atoms with Gasteiger partial charge in [-0.1, -0.05) is 22.0 Å². The van der Waals surface area contributed by atoms with Gasteiger partial charge in [-0.2, -0.15) is 0 Å². The molecule has 0 bridgehead atoms. The van der Waals surface area contributed by atoms with Gasteiger partial charge in [0.05, 0.1) is 6.61 Å². The molecule has 0 spiro atoms. The normalized spacial score (nSPS) is 17.4. The molecule has 23 heavy (non-hydrogen) atoms. The molecule has 1 aliphatic rings. The van der Waals surface area contributed by atoms with E-state index in [0.717, 1.165) is 15.6 Å². The van der Waals surface area contributed by atoms with Crippen molar-refractivity contribution in [2.45, 2.75) is 45.8 Å². The fourth-order valence-corrected chi connectivity index (χ4v) is 3.00. The highest BCUT2D eigenvalue weighted by atomic mass is 79.9. The van der Waals surface area contributed by atoms with Gasteiger partial charge in [0.25, 0.3) is 0 Å². The first kappa shape index (κ1) is 17.8. The van der Waals surface area contributed by atoms with Crippen molar-refractivity contribution in [3.05, 3.63) is 33.8 Å². The van der Waals surface area contributed by atoms with Gasteiger partial charge in [0.2, 0.25) is 0 Å². The average molecular weight is 384 g/mol. The minimum Gasteiger partial charge on any atom is -0.464 e. The lowest BCUT2D eigenvalue weighted by molar-refractivity contribution is -0.150. The number of benzene rings is 1. The third-order valence-corrected chi connectivity index (χ3v) is 3.96. The molecule has 1 unspecified atom stereocenters. The smallest absolute Gasteiger partial charge is 0.411 e. The summed E-state index contributed by atoms with van der Waals surface area (Å²) in [5.41, 5.74) is 1.22. The molecule has 0 saturated heterocycles. The molecule has 1 atom stereocenters. The first-order valence-electron chi connectivity index (χ1n) is 7.67. The Kier molecular flexibility index (Phi) is 5.34. The van der Waals surface area contributed by atoms with E-state index in [1.54, 1.807) is 27.7 Å². The second-order valence-electron chi connectivity index (χ2n) is 6.42. The molecule has 0 N–H and O–H groups in total. The first-order chi connectivity index (χ1) is 10.7. The van der Waals surface area contributed by atoms with Crippen LogP contribution in [0.25, 0.3) is 0 Å². The molecule has 1 heterocycles. The number of hydrogen-bond acceptors (Lipinski definition) is 4. The molecule has 1 aromatic carbocycles. The number of rotatable bonds is 2. The van der Waals surface area contributed by atoms with Crippen molar-refractivity contribution in [3.8, 4) is 0 Å². The van der Waals surface area contributed by atoms with E-state index >= 15 is 0 Å². The van der Waals surface area contributed by atoms with Crippen LogP contribution in [-0.4, -0.2) is 35.7 Å². The quantitative estimate of drug-likeness (QED) is 0.727. The predicted molar refractivity (Wildman–Crippen MR) is 90.2 cm³/mol. The second-order valence-corrected chi connectivity index (χ2v) is 7.34. The van der Waals surface area contributed by atoms with Crippen LogP contribution < -0.4 is 0 Å². The van der Waals surface area contributed by atoms with Crippen LogP contribution in [0.4, 0.5) is 4.79 Å². The van der Waals surface area contributed by atoms with E-state index in [-0.39, 0.29) is 6.61 Å². The monoisotopic (exact) mass is 383 g/mol. The molecule has 0 radical (unpaired) electrons. The molecule has 1 amide bonds. The zero-order valence-corrected chi connectivity index (χ0v) is 15.5. The average Bonchev–Trinajstić information content (AvgIpc) is 2.44. The van der Waals surface area contributed by atoms with Gasteiger partial charge in [0.1, 0.15) is 5.60 Å². The van der Waals surface area contributed by atoms with Gasteiger partial charge in [-0.25, -0.2) is 9.59 Å². The van der Waals surface area contributed by atoms with Gasteiger partial charge >= 0.3 is 12.1 Å². The van der Waals surface area contributed by atoms with Crippen molar-refractivity contribution in [1.82, 2.24) is 4.90 Å². The van der Waals surface area contributed by atoms with E-state index in [9.17, 15) is 9.59 Å². The summed E-state index contributed by atoms with van der Waals surface area (Å²) in [7, 11) is 0. The second kappa shape index (κ2) is 6.91. The van der Waals surface area contributed by atoms with Gasteiger partial charge in [0, 0.05) is 11.0 Å². The summed E-state index contributed by atoms with van der Waals surface area (Å²) in [6.45, 7) is 7.85. The zero-order valence-electron chi connectivity index (χ0n) is 13.9. The van der Waals surface area contributed by atoms with Crippen molar-refractivity contribution in [1.29, 1.82) is 0 Å². The molecular formula is C17H22BrNO4. The van der Waals surface area contributed by atoms with Gasteiger partial charge < -0.3 is 9.47 Å². The maximum Gasteiger partial charge on any atom is 0.411 e. The molecule has 1 aliphatic heterocycles. The number of carbonyl (C=O) groups excluding carboxylic acids is 2. The Labute approximate surface area is 145 Å². The van der Waals surface area contributed by atoms with E-state index in [2.05, 4.69) is 15.9 Å². The van der Waals surface area contributed by atoms with E-state index in [1.807, 2.05) is 18.2 Å². The lowest BCUT2D eigenvalue weighted by atomic mass is 9.93. The highest BCUT2D eigenvalue weighted by molar-refractivity contribution is 9.10. The number of carbonyl (C=O) groups is 2. The van der Waals surface area contributed by atoms with Crippen LogP contribution in [-0.2, 0) is 20.7 Å². The minimum atomic E-state index is -0.762. The number of hydrogen-bond donors (Lipinski definition) is 0. The van der Waals surface area contributed by atoms with Crippen LogP contribution >= 0.6 is 15.9 Å². The van der Waals surface area contributed by atoms with Crippen LogP contribution in [0, 0.1) is 0 Å². The number of ether oxygens (including phenoxy) is 2. The lowest BCUT2D eigenvalue weighted by Crippen LogP contribution is -2.46. The van der Waals surface area contributed by atoms with Crippen molar-refractivity contribution in [2.24, 2.45) is 0 Å². The van der Waals surface area contributed by atoms with Crippen LogP contribution in [0.3, 0.4) is 0 Å². The maximum atomic E-state index is 12.5. The third kappa shape index (κ3) is 4.25. The van der Waals surface area contributed by atoms with E-state index in [4.69, 9.17) is 9.47 Å². The third-order valence-electron chi connectivity index (χ3n) is 3.47. The summed E-state index contributed by atoms with van der Waals surface area (Å²) in [5, 5.41) is 0.